The summed E-state index contributed by atoms with van der Waals surface area (Å²) in [5.41, 5.74) is 2.11. The van der Waals surface area contributed by atoms with Crippen molar-refractivity contribution in [3.8, 4) is 17.5 Å². The molecule has 3 aromatic rings. The summed E-state index contributed by atoms with van der Waals surface area (Å²) in [4.78, 5) is 8.26. The number of pyridine rings is 1. The third-order valence-corrected chi connectivity index (χ3v) is 3.39. The fourth-order valence-corrected chi connectivity index (χ4v) is 2.12. The van der Waals surface area contributed by atoms with Gasteiger partial charge in [0.15, 0.2) is 5.82 Å². The van der Waals surface area contributed by atoms with Crippen molar-refractivity contribution in [2.45, 2.75) is 6.42 Å². The Labute approximate surface area is 129 Å². The normalized spacial score (nSPS) is 10.3. The van der Waals surface area contributed by atoms with Crippen molar-refractivity contribution in [2.75, 3.05) is 0 Å². The first kappa shape index (κ1) is 13.5. The SMILES string of the molecule is N#Cc1cc(-c2nc(Cc3ccc(Br)cc3)no2)ccn1. The minimum Gasteiger partial charge on any atom is -0.334 e. The van der Waals surface area contributed by atoms with E-state index in [0.29, 0.717) is 29.4 Å². The average Bonchev–Trinajstić information content (AvgIpc) is 2.98. The van der Waals surface area contributed by atoms with Crippen LogP contribution in [0.1, 0.15) is 17.1 Å². The predicted molar refractivity (Wildman–Crippen MR) is 79.2 cm³/mol. The van der Waals surface area contributed by atoms with Crippen molar-refractivity contribution in [1.82, 2.24) is 15.1 Å². The van der Waals surface area contributed by atoms with Gasteiger partial charge in [-0.1, -0.05) is 33.2 Å². The van der Waals surface area contributed by atoms with Crippen molar-refractivity contribution in [3.05, 3.63) is 64.1 Å². The molecular formula is C15H9BrN4O. The Hall–Kier alpha value is -2.52. The molecule has 0 fully saturated rings. The molecule has 1 aromatic carbocycles. The van der Waals surface area contributed by atoms with Crippen LogP contribution in [0.25, 0.3) is 11.5 Å². The van der Waals surface area contributed by atoms with Crippen LogP contribution in [0.15, 0.2) is 51.6 Å². The van der Waals surface area contributed by atoms with E-state index in [2.05, 4.69) is 31.1 Å². The number of rotatable bonds is 3. The number of hydrogen-bond acceptors (Lipinski definition) is 5. The van der Waals surface area contributed by atoms with Gasteiger partial charge in [0.05, 0.1) is 0 Å². The first-order valence-corrected chi connectivity index (χ1v) is 6.97. The molecule has 102 valence electrons. The van der Waals surface area contributed by atoms with E-state index in [1.165, 1.54) is 0 Å². The Morgan fingerprint density at radius 1 is 1.19 bits per heavy atom. The number of hydrogen-bond donors (Lipinski definition) is 0. The number of aromatic nitrogens is 3. The van der Waals surface area contributed by atoms with Gasteiger partial charge in [-0.05, 0) is 29.8 Å². The van der Waals surface area contributed by atoms with Gasteiger partial charge in [0.25, 0.3) is 5.89 Å². The van der Waals surface area contributed by atoms with Gasteiger partial charge >= 0.3 is 0 Å². The molecule has 0 saturated carbocycles. The van der Waals surface area contributed by atoms with Gasteiger partial charge in [-0.3, -0.25) is 0 Å². The molecule has 0 unspecified atom stereocenters. The van der Waals surface area contributed by atoms with E-state index in [9.17, 15) is 0 Å². The van der Waals surface area contributed by atoms with E-state index in [4.69, 9.17) is 9.78 Å². The van der Waals surface area contributed by atoms with Crippen LogP contribution in [0.2, 0.25) is 0 Å². The van der Waals surface area contributed by atoms with E-state index in [-0.39, 0.29) is 0 Å². The average molecular weight is 341 g/mol. The topological polar surface area (TPSA) is 75.6 Å². The third kappa shape index (κ3) is 3.15. The summed E-state index contributed by atoms with van der Waals surface area (Å²) >= 11 is 3.40. The molecule has 2 aromatic heterocycles. The van der Waals surface area contributed by atoms with Crippen molar-refractivity contribution < 1.29 is 4.52 Å². The Balaban J connectivity index is 1.83. The van der Waals surface area contributed by atoms with Crippen LogP contribution in [-0.2, 0) is 6.42 Å². The molecule has 0 amide bonds. The minimum absolute atomic E-state index is 0.320. The highest BCUT2D eigenvalue weighted by Gasteiger charge is 2.10. The van der Waals surface area contributed by atoms with Crippen molar-refractivity contribution in [2.24, 2.45) is 0 Å². The molecule has 3 rings (SSSR count). The summed E-state index contributed by atoms with van der Waals surface area (Å²) in [5.74, 6) is 0.989. The molecule has 0 atom stereocenters. The number of nitrogens with zero attached hydrogens (tertiary/aromatic N) is 4. The highest BCUT2D eigenvalue weighted by molar-refractivity contribution is 9.10. The number of halogens is 1. The molecule has 6 heteroatoms. The summed E-state index contributed by atoms with van der Waals surface area (Å²) in [5, 5.41) is 12.8. The molecule has 0 aliphatic rings. The van der Waals surface area contributed by atoms with E-state index in [1.807, 2.05) is 30.3 Å². The van der Waals surface area contributed by atoms with E-state index in [0.717, 1.165) is 10.0 Å². The van der Waals surface area contributed by atoms with E-state index in [1.54, 1.807) is 18.3 Å². The molecule has 0 bridgehead atoms. The zero-order valence-corrected chi connectivity index (χ0v) is 12.4. The van der Waals surface area contributed by atoms with Crippen LogP contribution >= 0.6 is 15.9 Å². The smallest absolute Gasteiger partial charge is 0.258 e. The van der Waals surface area contributed by atoms with Gasteiger partial charge in [-0.15, -0.1) is 0 Å². The van der Waals surface area contributed by atoms with Crippen molar-refractivity contribution in [1.29, 1.82) is 5.26 Å². The van der Waals surface area contributed by atoms with Gasteiger partial charge in [-0.25, -0.2) is 4.98 Å². The highest BCUT2D eigenvalue weighted by atomic mass is 79.9. The number of nitriles is 1. The third-order valence-electron chi connectivity index (χ3n) is 2.87. The lowest BCUT2D eigenvalue weighted by molar-refractivity contribution is 0.424. The molecule has 2 heterocycles. The lowest BCUT2D eigenvalue weighted by Gasteiger charge is -1.96. The van der Waals surface area contributed by atoms with Crippen LogP contribution in [0.4, 0.5) is 0 Å². The molecule has 0 aliphatic heterocycles. The van der Waals surface area contributed by atoms with Crippen LogP contribution < -0.4 is 0 Å². The fraction of sp³-hybridized carbons (Fsp3) is 0.0667. The van der Waals surface area contributed by atoms with Gasteiger partial charge in [0.1, 0.15) is 11.8 Å². The van der Waals surface area contributed by atoms with Crippen LogP contribution in [0.3, 0.4) is 0 Å². The molecule has 0 aliphatic carbocycles. The van der Waals surface area contributed by atoms with E-state index >= 15 is 0 Å². The van der Waals surface area contributed by atoms with Crippen LogP contribution in [0, 0.1) is 11.3 Å². The van der Waals surface area contributed by atoms with Gasteiger partial charge in [-0.2, -0.15) is 10.2 Å². The molecule has 5 nitrogen and oxygen atoms in total. The highest BCUT2D eigenvalue weighted by Crippen LogP contribution is 2.19. The van der Waals surface area contributed by atoms with Gasteiger partial charge in [0, 0.05) is 22.7 Å². The summed E-state index contributed by atoms with van der Waals surface area (Å²) in [7, 11) is 0. The zero-order valence-electron chi connectivity index (χ0n) is 10.8. The minimum atomic E-state index is 0.320. The Bertz CT molecular complexity index is 805. The molecule has 0 N–H and O–H groups in total. The lowest BCUT2D eigenvalue weighted by Crippen LogP contribution is -1.90. The second-order valence-electron chi connectivity index (χ2n) is 4.36. The molecule has 0 radical (unpaired) electrons. The molecule has 0 spiro atoms. The zero-order chi connectivity index (χ0) is 14.7. The van der Waals surface area contributed by atoms with E-state index < -0.39 is 0 Å². The Morgan fingerprint density at radius 2 is 2.00 bits per heavy atom. The second-order valence-corrected chi connectivity index (χ2v) is 5.28. The number of benzene rings is 1. The molecule has 0 saturated heterocycles. The van der Waals surface area contributed by atoms with Crippen LogP contribution in [0.5, 0.6) is 0 Å². The first-order chi connectivity index (χ1) is 10.2. The predicted octanol–water partition coefficient (Wildman–Crippen LogP) is 3.36. The molecule has 21 heavy (non-hydrogen) atoms. The molecular weight excluding hydrogens is 332 g/mol. The monoisotopic (exact) mass is 340 g/mol. The summed E-state index contributed by atoms with van der Waals surface area (Å²) in [6.45, 7) is 0. The first-order valence-electron chi connectivity index (χ1n) is 6.18. The van der Waals surface area contributed by atoms with Crippen molar-refractivity contribution in [3.63, 3.8) is 0 Å². The largest absolute Gasteiger partial charge is 0.334 e. The fourth-order valence-electron chi connectivity index (χ4n) is 1.85. The van der Waals surface area contributed by atoms with Crippen LogP contribution in [-0.4, -0.2) is 15.1 Å². The van der Waals surface area contributed by atoms with Gasteiger partial charge in [0.2, 0.25) is 0 Å². The summed E-state index contributed by atoms with van der Waals surface area (Å²) < 4.78 is 6.27. The Morgan fingerprint density at radius 3 is 2.76 bits per heavy atom. The lowest BCUT2D eigenvalue weighted by atomic mass is 10.1. The van der Waals surface area contributed by atoms with Crippen molar-refractivity contribution >= 4 is 15.9 Å². The summed E-state index contributed by atoms with van der Waals surface area (Å²) in [6, 6.07) is 13.3. The maximum absolute atomic E-state index is 8.85. The summed E-state index contributed by atoms with van der Waals surface area (Å²) in [6.07, 6.45) is 2.14. The maximum Gasteiger partial charge on any atom is 0.258 e. The van der Waals surface area contributed by atoms with Gasteiger partial charge < -0.3 is 4.52 Å². The second kappa shape index (κ2) is 5.85. The Kier molecular flexibility index (Phi) is 3.75. The standard InChI is InChI=1S/C15H9BrN4O/c16-12-3-1-10(2-4-12)7-14-19-15(21-20-14)11-5-6-18-13(8-11)9-17/h1-6,8H,7H2. The maximum atomic E-state index is 8.85. The quantitative estimate of drug-likeness (QED) is 0.730.